The fourth-order valence-electron chi connectivity index (χ4n) is 4.77. The number of benzene rings is 2. The predicted molar refractivity (Wildman–Crippen MR) is 124 cm³/mol. The molecule has 0 radical (unpaired) electrons. The molecule has 2 saturated heterocycles. The lowest BCUT2D eigenvalue weighted by Crippen LogP contribution is -2.53. The summed E-state index contributed by atoms with van der Waals surface area (Å²) in [6.45, 7) is 3.75. The molecule has 1 atom stereocenters. The summed E-state index contributed by atoms with van der Waals surface area (Å²) in [5.74, 6) is -0.0690. The molecule has 2 amide bonds. The highest BCUT2D eigenvalue weighted by Crippen LogP contribution is 2.31. The van der Waals surface area contributed by atoms with E-state index < -0.39 is 5.91 Å². The van der Waals surface area contributed by atoms with E-state index in [0.717, 1.165) is 54.2 Å². The van der Waals surface area contributed by atoms with Crippen LogP contribution in [0.2, 0.25) is 5.02 Å². The van der Waals surface area contributed by atoms with Gasteiger partial charge in [0.05, 0.1) is 17.0 Å². The van der Waals surface area contributed by atoms with Gasteiger partial charge < -0.3 is 10.6 Å². The van der Waals surface area contributed by atoms with Crippen LogP contribution in [0.25, 0.3) is 10.9 Å². The van der Waals surface area contributed by atoms with Gasteiger partial charge in [-0.3, -0.25) is 19.5 Å². The molecule has 0 aliphatic carbocycles. The third kappa shape index (κ3) is 4.08. The van der Waals surface area contributed by atoms with Crippen molar-refractivity contribution in [2.75, 3.05) is 26.2 Å². The number of nitrogens with two attached hydrogens (primary N) is 1. The molecule has 2 N–H and O–H groups in total. The molecule has 1 unspecified atom stereocenters. The van der Waals surface area contributed by atoms with Crippen LogP contribution in [0.3, 0.4) is 0 Å². The van der Waals surface area contributed by atoms with Crippen molar-refractivity contribution in [3.8, 4) is 0 Å². The zero-order valence-corrected chi connectivity index (χ0v) is 18.5. The summed E-state index contributed by atoms with van der Waals surface area (Å²) in [7, 11) is 0. The van der Waals surface area contributed by atoms with Gasteiger partial charge in [-0.2, -0.15) is 0 Å². The zero-order valence-electron chi connectivity index (χ0n) is 17.7. The van der Waals surface area contributed by atoms with Gasteiger partial charge in [0.2, 0.25) is 11.8 Å². The molecule has 2 aliphatic heterocycles. The molecule has 164 valence electrons. The van der Waals surface area contributed by atoms with Crippen molar-refractivity contribution in [3.05, 3.63) is 76.4 Å². The van der Waals surface area contributed by atoms with Gasteiger partial charge in [-0.05, 0) is 36.2 Å². The molecule has 3 aromatic rings. The standard InChI is InChI=1S/C25H25ClN4O2/c26-19-7-5-16(6-8-19)12-29-13-18(14-29)25(32)30-10-9-17(15-30)23-11-21(24(27)31)20-3-1-2-4-22(20)28-23/h1-8,11,17-18H,9-10,12-15H2,(H2,27,31). The van der Waals surface area contributed by atoms with Gasteiger partial charge in [0.25, 0.3) is 0 Å². The van der Waals surface area contributed by atoms with Crippen molar-refractivity contribution < 1.29 is 9.59 Å². The Morgan fingerprint density at radius 2 is 1.81 bits per heavy atom. The van der Waals surface area contributed by atoms with Gasteiger partial charge in [-0.15, -0.1) is 0 Å². The number of aromatic nitrogens is 1. The maximum Gasteiger partial charge on any atom is 0.249 e. The van der Waals surface area contributed by atoms with Gasteiger partial charge >= 0.3 is 0 Å². The first kappa shape index (κ1) is 20.9. The van der Waals surface area contributed by atoms with Crippen LogP contribution in [0.4, 0.5) is 0 Å². The fourth-order valence-corrected chi connectivity index (χ4v) is 4.90. The minimum Gasteiger partial charge on any atom is -0.366 e. The van der Waals surface area contributed by atoms with Gasteiger partial charge in [0.15, 0.2) is 0 Å². The lowest BCUT2D eigenvalue weighted by Gasteiger charge is -2.40. The first-order chi connectivity index (χ1) is 15.5. The first-order valence-corrected chi connectivity index (χ1v) is 11.3. The predicted octanol–water partition coefficient (Wildman–Crippen LogP) is 3.44. The summed E-state index contributed by atoms with van der Waals surface area (Å²) in [6.07, 6.45) is 0.844. The number of halogens is 1. The molecule has 5 rings (SSSR count). The summed E-state index contributed by atoms with van der Waals surface area (Å²) >= 11 is 5.95. The van der Waals surface area contributed by atoms with Crippen LogP contribution in [0.15, 0.2) is 54.6 Å². The molecule has 1 aromatic heterocycles. The number of likely N-dealkylation sites (tertiary alicyclic amines) is 2. The molecule has 2 aliphatic rings. The van der Waals surface area contributed by atoms with E-state index in [-0.39, 0.29) is 17.7 Å². The summed E-state index contributed by atoms with van der Waals surface area (Å²) in [6, 6.07) is 17.2. The molecule has 0 spiro atoms. The fraction of sp³-hybridized carbons (Fsp3) is 0.320. The molecule has 0 saturated carbocycles. The summed E-state index contributed by atoms with van der Waals surface area (Å²) in [5.41, 5.74) is 8.92. The number of hydrogen-bond acceptors (Lipinski definition) is 4. The number of primary amides is 1. The maximum absolute atomic E-state index is 13.0. The smallest absolute Gasteiger partial charge is 0.249 e. The van der Waals surface area contributed by atoms with E-state index >= 15 is 0 Å². The molecule has 3 heterocycles. The van der Waals surface area contributed by atoms with Crippen LogP contribution >= 0.6 is 11.6 Å². The molecular weight excluding hydrogens is 424 g/mol. The van der Waals surface area contributed by atoms with E-state index in [9.17, 15) is 9.59 Å². The number of hydrogen-bond donors (Lipinski definition) is 1. The van der Waals surface area contributed by atoms with Crippen LogP contribution in [-0.2, 0) is 11.3 Å². The molecule has 7 heteroatoms. The first-order valence-electron chi connectivity index (χ1n) is 10.9. The summed E-state index contributed by atoms with van der Waals surface area (Å²) in [4.78, 5) is 34.0. The van der Waals surface area contributed by atoms with Crippen LogP contribution < -0.4 is 5.73 Å². The Bertz CT molecular complexity index is 1170. The second kappa shape index (κ2) is 8.52. The van der Waals surface area contributed by atoms with Crippen molar-refractivity contribution in [3.63, 3.8) is 0 Å². The number of para-hydroxylation sites is 1. The van der Waals surface area contributed by atoms with E-state index in [2.05, 4.69) is 4.90 Å². The third-order valence-electron chi connectivity index (χ3n) is 6.55. The molecule has 2 fully saturated rings. The highest BCUT2D eigenvalue weighted by Gasteiger charge is 2.38. The van der Waals surface area contributed by atoms with Gasteiger partial charge in [-0.1, -0.05) is 41.9 Å². The number of carbonyl (C=O) groups is 2. The highest BCUT2D eigenvalue weighted by atomic mass is 35.5. The van der Waals surface area contributed by atoms with Crippen molar-refractivity contribution in [2.24, 2.45) is 11.7 Å². The summed E-state index contributed by atoms with van der Waals surface area (Å²) < 4.78 is 0. The van der Waals surface area contributed by atoms with Gasteiger partial charge in [0.1, 0.15) is 0 Å². The van der Waals surface area contributed by atoms with E-state index in [1.54, 1.807) is 6.07 Å². The van der Waals surface area contributed by atoms with Crippen molar-refractivity contribution >= 4 is 34.3 Å². The second-order valence-corrected chi connectivity index (χ2v) is 9.20. The Kier molecular flexibility index (Phi) is 5.57. The molecule has 32 heavy (non-hydrogen) atoms. The number of carbonyl (C=O) groups excluding carboxylic acids is 2. The van der Waals surface area contributed by atoms with E-state index in [4.69, 9.17) is 22.3 Å². The molecule has 0 bridgehead atoms. The quantitative estimate of drug-likeness (QED) is 0.648. The topological polar surface area (TPSA) is 79.5 Å². The van der Waals surface area contributed by atoms with Crippen LogP contribution in [0.5, 0.6) is 0 Å². The lowest BCUT2D eigenvalue weighted by atomic mass is 9.97. The van der Waals surface area contributed by atoms with Gasteiger partial charge in [-0.25, -0.2) is 0 Å². The SMILES string of the molecule is NC(=O)c1cc(C2CCN(C(=O)C3CN(Cc4ccc(Cl)cc4)C3)C2)nc2ccccc12. The number of nitrogens with zero attached hydrogens (tertiary/aromatic N) is 3. The van der Waals surface area contributed by atoms with Crippen LogP contribution in [0.1, 0.15) is 34.0 Å². The monoisotopic (exact) mass is 448 g/mol. The Labute approximate surface area is 192 Å². The Morgan fingerprint density at radius 3 is 2.56 bits per heavy atom. The maximum atomic E-state index is 13.0. The minimum atomic E-state index is -0.453. The normalized spacial score (nSPS) is 19.3. The molecule has 2 aromatic carbocycles. The van der Waals surface area contributed by atoms with Crippen molar-refractivity contribution in [2.45, 2.75) is 18.9 Å². The Morgan fingerprint density at radius 1 is 1.06 bits per heavy atom. The average Bonchev–Trinajstić information content (AvgIpc) is 3.26. The Balaban J connectivity index is 1.22. The number of fused-ring (bicyclic) bond motifs is 1. The van der Waals surface area contributed by atoms with Crippen LogP contribution in [-0.4, -0.2) is 52.8 Å². The number of rotatable bonds is 5. The largest absolute Gasteiger partial charge is 0.366 e. The van der Waals surface area contributed by atoms with Crippen molar-refractivity contribution in [1.82, 2.24) is 14.8 Å². The Hall–Kier alpha value is -2.96. The average molecular weight is 449 g/mol. The number of amides is 2. The number of pyridine rings is 1. The lowest BCUT2D eigenvalue weighted by molar-refractivity contribution is -0.140. The third-order valence-corrected chi connectivity index (χ3v) is 6.80. The minimum absolute atomic E-state index is 0.0480. The van der Waals surface area contributed by atoms with Crippen LogP contribution in [0, 0.1) is 5.92 Å². The second-order valence-electron chi connectivity index (χ2n) is 8.76. The van der Waals surface area contributed by atoms with Gasteiger partial charge in [0, 0.05) is 54.7 Å². The zero-order chi connectivity index (χ0) is 22.2. The summed E-state index contributed by atoms with van der Waals surface area (Å²) in [5, 5.41) is 1.50. The highest BCUT2D eigenvalue weighted by molar-refractivity contribution is 6.30. The molecular formula is C25H25ClN4O2. The van der Waals surface area contributed by atoms with E-state index in [1.165, 1.54) is 5.56 Å². The van der Waals surface area contributed by atoms with Crippen molar-refractivity contribution in [1.29, 1.82) is 0 Å². The van der Waals surface area contributed by atoms with E-state index in [1.807, 2.05) is 53.4 Å². The van der Waals surface area contributed by atoms with E-state index in [0.29, 0.717) is 12.1 Å². The molecule has 6 nitrogen and oxygen atoms in total.